The van der Waals surface area contributed by atoms with Crippen LogP contribution in [0.2, 0.25) is 0 Å². The minimum Gasteiger partial charge on any atom is -0.324 e. The van der Waals surface area contributed by atoms with Crippen molar-refractivity contribution in [2.75, 3.05) is 0 Å². The smallest absolute Gasteiger partial charge is 0.226 e. The summed E-state index contributed by atoms with van der Waals surface area (Å²) in [7, 11) is 0. The van der Waals surface area contributed by atoms with Crippen molar-refractivity contribution in [3.63, 3.8) is 0 Å². The Morgan fingerprint density at radius 3 is 2.67 bits per heavy atom. The molecule has 0 bridgehead atoms. The first-order valence-corrected chi connectivity index (χ1v) is 6.19. The van der Waals surface area contributed by atoms with Crippen LogP contribution < -0.4 is 5.73 Å². The highest BCUT2D eigenvalue weighted by Crippen LogP contribution is 2.38. The summed E-state index contributed by atoms with van der Waals surface area (Å²) >= 11 is 0. The highest BCUT2D eigenvalue weighted by atomic mass is 16.2. The first-order chi connectivity index (χ1) is 7.11. The van der Waals surface area contributed by atoms with E-state index in [9.17, 15) is 4.79 Å². The topological polar surface area (TPSA) is 46.3 Å². The number of carbonyl (C=O) groups excluding carboxylic acids is 1. The van der Waals surface area contributed by atoms with E-state index in [1.807, 2.05) is 18.7 Å². The van der Waals surface area contributed by atoms with Gasteiger partial charge >= 0.3 is 0 Å². The van der Waals surface area contributed by atoms with Crippen LogP contribution in [0.4, 0.5) is 0 Å². The van der Waals surface area contributed by atoms with Gasteiger partial charge in [-0.25, -0.2) is 0 Å². The molecule has 0 aromatic heterocycles. The molecule has 2 fully saturated rings. The second-order valence-electron chi connectivity index (χ2n) is 5.32. The predicted octanol–water partition coefficient (Wildman–Crippen LogP) is 1.72. The summed E-state index contributed by atoms with van der Waals surface area (Å²) in [4.78, 5) is 14.0. The second kappa shape index (κ2) is 4.12. The molecule has 2 rings (SSSR count). The van der Waals surface area contributed by atoms with E-state index in [1.54, 1.807) is 0 Å². The number of hydrogen-bond acceptors (Lipinski definition) is 2. The fraction of sp³-hybridized carbons (Fsp3) is 0.917. The van der Waals surface area contributed by atoms with Gasteiger partial charge < -0.3 is 10.6 Å². The average Bonchev–Trinajstić information content (AvgIpc) is 2.52. The van der Waals surface area contributed by atoms with Crippen molar-refractivity contribution in [3.8, 4) is 0 Å². The zero-order chi connectivity index (χ0) is 11.0. The molecule has 2 aliphatic rings. The minimum absolute atomic E-state index is 0.0204. The Balaban J connectivity index is 2.12. The largest absolute Gasteiger partial charge is 0.324 e. The summed E-state index contributed by atoms with van der Waals surface area (Å²) < 4.78 is 0. The molecule has 3 atom stereocenters. The SMILES string of the molecule is CC(C)C(=O)N1C(N)CC2CCCCC21. The standard InChI is InChI=1S/C12H22N2O/c1-8(2)12(15)14-10-6-4-3-5-9(10)7-11(14)13/h8-11H,3-7,13H2,1-2H3. The van der Waals surface area contributed by atoms with Crippen LogP contribution in [-0.2, 0) is 4.79 Å². The van der Waals surface area contributed by atoms with E-state index in [0.717, 1.165) is 12.8 Å². The summed E-state index contributed by atoms with van der Waals surface area (Å²) in [5, 5.41) is 0. The monoisotopic (exact) mass is 210 g/mol. The number of hydrogen-bond donors (Lipinski definition) is 1. The molecule has 0 spiro atoms. The number of likely N-dealkylation sites (tertiary alicyclic amines) is 1. The lowest BCUT2D eigenvalue weighted by atomic mass is 9.85. The normalized spacial score (nSPS) is 35.7. The number of fused-ring (bicyclic) bond motifs is 1. The van der Waals surface area contributed by atoms with Gasteiger partial charge in [0.1, 0.15) is 0 Å². The molecule has 1 aliphatic carbocycles. The highest BCUT2D eigenvalue weighted by Gasteiger charge is 2.43. The Hall–Kier alpha value is -0.570. The van der Waals surface area contributed by atoms with Gasteiger partial charge in [0.15, 0.2) is 0 Å². The summed E-state index contributed by atoms with van der Waals surface area (Å²) in [5.74, 6) is 1.00. The van der Waals surface area contributed by atoms with Gasteiger partial charge in [-0.2, -0.15) is 0 Å². The first-order valence-electron chi connectivity index (χ1n) is 6.19. The van der Waals surface area contributed by atoms with Gasteiger partial charge in [0, 0.05) is 12.0 Å². The Morgan fingerprint density at radius 2 is 2.00 bits per heavy atom. The number of nitrogens with zero attached hydrogens (tertiary/aromatic N) is 1. The molecule has 0 aromatic rings. The molecular weight excluding hydrogens is 188 g/mol. The zero-order valence-electron chi connectivity index (χ0n) is 9.78. The molecule has 86 valence electrons. The molecule has 0 radical (unpaired) electrons. The maximum Gasteiger partial charge on any atom is 0.226 e. The summed E-state index contributed by atoms with van der Waals surface area (Å²) in [6.45, 7) is 3.93. The number of rotatable bonds is 1. The van der Waals surface area contributed by atoms with Crippen molar-refractivity contribution in [3.05, 3.63) is 0 Å². The highest BCUT2D eigenvalue weighted by molar-refractivity contribution is 5.79. The summed E-state index contributed by atoms with van der Waals surface area (Å²) in [6.07, 6.45) is 6.00. The van der Waals surface area contributed by atoms with Gasteiger partial charge in [-0.05, 0) is 25.2 Å². The molecular formula is C12H22N2O. The quantitative estimate of drug-likeness (QED) is 0.716. The molecule has 1 saturated carbocycles. The van der Waals surface area contributed by atoms with E-state index in [1.165, 1.54) is 19.3 Å². The maximum atomic E-state index is 12.1. The molecule has 1 amide bonds. The van der Waals surface area contributed by atoms with E-state index in [4.69, 9.17) is 5.73 Å². The molecule has 1 aliphatic heterocycles. The number of nitrogens with two attached hydrogens (primary N) is 1. The lowest BCUT2D eigenvalue weighted by Gasteiger charge is -2.34. The van der Waals surface area contributed by atoms with Crippen LogP contribution in [0.25, 0.3) is 0 Å². The second-order valence-corrected chi connectivity index (χ2v) is 5.32. The van der Waals surface area contributed by atoms with Crippen LogP contribution in [-0.4, -0.2) is 23.0 Å². The zero-order valence-corrected chi connectivity index (χ0v) is 9.78. The Morgan fingerprint density at radius 1 is 1.33 bits per heavy atom. The number of amides is 1. The third kappa shape index (κ3) is 1.89. The van der Waals surface area contributed by atoms with Gasteiger partial charge in [0.2, 0.25) is 5.91 Å². The molecule has 3 nitrogen and oxygen atoms in total. The van der Waals surface area contributed by atoms with Crippen molar-refractivity contribution in [1.82, 2.24) is 4.90 Å². The fourth-order valence-corrected chi connectivity index (χ4v) is 3.12. The number of carbonyl (C=O) groups is 1. The average molecular weight is 210 g/mol. The van der Waals surface area contributed by atoms with Crippen LogP contribution in [0, 0.1) is 11.8 Å². The van der Waals surface area contributed by atoms with Crippen LogP contribution in [0.3, 0.4) is 0 Å². The third-order valence-corrected chi connectivity index (χ3v) is 3.88. The molecule has 15 heavy (non-hydrogen) atoms. The lowest BCUT2D eigenvalue weighted by molar-refractivity contribution is -0.138. The van der Waals surface area contributed by atoms with E-state index < -0.39 is 0 Å². The fourth-order valence-electron chi connectivity index (χ4n) is 3.12. The van der Waals surface area contributed by atoms with Crippen LogP contribution in [0.5, 0.6) is 0 Å². The predicted molar refractivity (Wildman–Crippen MR) is 60.0 cm³/mol. The Bertz CT molecular complexity index is 252. The van der Waals surface area contributed by atoms with Crippen molar-refractivity contribution < 1.29 is 4.79 Å². The molecule has 0 aromatic carbocycles. The van der Waals surface area contributed by atoms with Gasteiger partial charge in [0.25, 0.3) is 0 Å². The lowest BCUT2D eigenvalue weighted by Crippen LogP contribution is -2.48. The van der Waals surface area contributed by atoms with E-state index in [2.05, 4.69) is 0 Å². The van der Waals surface area contributed by atoms with Gasteiger partial charge in [-0.15, -0.1) is 0 Å². The van der Waals surface area contributed by atoms with Gasteiger partial charge in [0.05, 0.1) is 6.17 Å². The molecule has 1 heterocycles. The van der Waals surface area contributed by atoms with Crippen molar-refractivity contribution >= 4 is 5.91 Å². The molecule has 2 N–H and O–H groups in total. The summed E-state index contributed by atoms with van der Waals surface area (Å²) in [5.41, 5.74) is 6.08. The minimum atomic E-state index is -0.0204. The van der Waals surface area contributed by atoms with Crippen molar-refractivity contribution in [2.45, 2.75) is 58.2 Å². The van der Waals surface area contributed by atoms with Crippen LogP contribution >= 0.6 is 0 Å². The Kier molecular flexibility index (Phi) is 3.01. The van der Waals surface area contributed by atoms with E-state index >= 15 is 0 Å². The third-order valence-electron chi connectivity index (χ3n) is 3.88. The molecule has 1 saturated heterocycles. The first kappa shape index (κ1) is 10.9. The molecule has 3 heteroatoms. The maximum absolute atomic E-state index is 12.1. The van der Waals surface area contributed by atoms with E-state index in [0.29, 0.717) is 12.0 Å². The van der Waals surface area contributed by atoms with Gasteiger partial charge in [-0.1, -0.05) is 26.7 Å². The molecule has 3 unspecified atom stereocenters. The van der Waals surface area contributed by atoms with Crippen LogP contribution in [0.1, 0.15) is 46.0 Å². The van der Waals surface area contributed by atoms with E-state index in [-0.39, 0.29) is 18.0 Å². The van der Waals surface area contributed by atoms with Crippen molar-refractivity contribution in [1.29, 1.82) is 0 Å². The van der Waals surface area contributed by atoms with Crippen molar-refractivity contribution in [2.24, 2.45) is 17.6 Å². The Labute approximate surface area is 92.0 Å². The van der Waals surface area contributed by atoms with Gasteiger partial charge in [-0.3, -0.25) is 4.79 Å². The van der Waals surface area contributed by atoms with Crippen LogP contribution in [0.15, 0.2) is 0 Å². The summed E-state index contributed by atoms with van der Waals surface area (Å²) in [6, 6.07) is 0.448.